The van der Waals surface area contributed by atoms with Crippen molar-refractivity contribution in [3.05, 3.63) is 53.6 Å². The summed E-state index contributed by atoms with van der Waals surface area (Å²) in [5, 5.41) is 0. The minimum Gasteiger partial charge on any atom is -0.399 e. The summed E-state index contributed by atoms with van der Waals surface area (Å²) in [7, 11) is 0. The van der Waals surface area contributed by atoms with E-state index < -0.39 is 0 Å². The van der Waals surface area contributed by atoms with Gasteiger partial charge in [0.1, 0.15) is 11.6 Å². The summed E-state index contributed by atoms with van der Waals surface area (Å²) < 4.78 is 15.7. The van der Waals surface area contributed by atoms with Crippen LogP contribution in [-0.2, 0) is 6.42 Å². The molecule has 0 bridgehead atoms. The van der Waals surface area contributed by atoms with E-state index in [0.717, 1.165) is 34.5 Å². The molecule has 0 spiro atoms. The predicted octanol–water partition coefficient (Wildman–Crippen LogP) is 3.62. The molecule has 3 nitrogen and oxygen atoms in total. The molecule has 0 atom stereocenters. The van der Waals surface area contributed by atoms with Crippen LogP contribution in [0.3, 0.4) is 0 Å². The van der Waals surface area contributed by atoms with Crippen molar-refractivity contribution in [3.63, 3.8) is 0 Å². The van der Waals surface area contributed by atoms with Crippen molar-refractivity contribution in [2.24, 2.45) is 0 Å². The minimum absolute atomic E-state index is 0.237. The molecule has 0 aliphatic carbocycles. The molecule has 1 heterocycles. The summed E-state index contributed by atoms with van der Waals surface area (Å²) in [6, 6.07) is 10.6. The number of fused-ring (bicyclic) bond motifs is 1. The fourth-order valence-corrected chi connectivity index (χ4v) is 2.52. The Balaban J connectivity index is 2.33. The zero-order valence-corrected chi connectivity index (χ0v) is 11.5. The number of benzene rings is 2. The number of hydrogen-bond donors (Lipinski definition) is 1. The third-order valence-electron chi connectivity index (χ3n) is 3.35. The highest BCUT2D eigenvalue weighted by Crippen LogP contribution is 2.24. The molecule has 1 aromatic heterocycles. The van der Waals surface area contributed by atoms with Gasteiger partial charge < -0.3 is 5.73 Å². The van der Waals surface area contributed by atoms with Gasteiger partial charge >= 0.3 is 0 Å². The molecule has 0 saturated heterocycles. The first kappa shape index (κ1) is 12.7. The van der Waals surface area contributed by atoms with Gasteiger partial charge in [0.25, 0.3) is 0 Å². The van der Waals surface area contributed by atoms with Gasteiger partial charge in [0.05, 0.1) is 16.7 Å². The molecule has 4 heteroatoms. The topological polar surface area (TPSA) is 43.8 Å². The highest BCUT2D eigenvalue weighted by Gasteiger charge is 2.12. The van der Waals surface area contributed by atoms with Crippen molar-refractivity contribution >= 4 is 16.7 Å². The van der Waals surface area contributed by atoms with Crippen molar-refractivity contribution in [1.29, 1.82) is 0 Å². The molecule has 2 aromatic carbocycles. The largest absolute Gasteiger partial charge is 0.399 e. The number of imidazole rings is 1. The summed E-state index contributed by atoms with van der Waals surface area (Å²) in [5.41, 5.74) is 9.95. The molecule has 0 amide bonds. The second kappa shape index (κ2) is 4.63. The Morgan fingerprint density at radius 1 is 1.20 bits per heavy atom. The molecule has 0 aliphatic heterocycles. The van der Waals surface area contributed by atoms with Gasteiger partial charge in [0.2, 0.25) is 0 Å². The average molecular weight is 269 g/mol. The number of aryl methyl sites for hydroxylation is 2. The maximum atomic E-state index is 13.7. The Hall–Kier alpha value is -2.36. The van der Waals surface area contributed by atoms with E-state index in [9.17, 15) is 4.39 Å². The molecule has 0 saturated carbocycles. The number of aromatic nitrogens is 2. The third kappa shape index (κ3) is 2.03. The molecular weight excluding hydrogens is 253 g/mol. The summed E-state index contributed by atoms with van der Waals surface area (Å²) in [6.45, 7) is 3.92. The lowest BCUT2D eigenvalue weighted by molar-refractivity contribution is 0.625. The number of hydrogen-bond acceptors (Lipinski definition) is 2. The first-order valence-corrected chi connectivity index (χ1v) is 6.63. The Bertz CT molecular complexity index is 770. The van der Waals surface area contributed by atoms with E-state index in [-0.39, 0.29) is 5.82 Å². The number of nitrogens with two attached hydrogens (primary N) is 1. The number of nitrogen functional groups attached to an aromatic ring is 1. The van der Waals surface area contributed by atoms with Gasteiger partial charge in [0, 0.05) is 12.1 Å². The lowest BCUT2D eigenvalue weighted by Gasteiger charge is -2.09. The Kier molecular flexibility index (Phi) is 2.93. The van der Waals surface area contributed by atoms with Crippen LogP contribution in [0.15, 0.2) is 36.4 Å². The maximum absolute atomic E-state index is 13.7. The second-order valence-corrected chi connectivity index (χ2v) is 4.95. The van der Waals surface area contributed by atoms with Gasteiger partial charge in [-0.25, -0.2) is 9.37 Å². The van der Waals surface area contributed by atoms with Crippen LogP contribution in [0.25, 0.3) is 16.7 Å². The zero-order chi connectivity index (χ0) is 14.3. The molecule has 102 valence electrons. The van der Waals surface area contributed by atoms with E-state index in [1.54, 1.807) is 0 Å². The average Bonchev–Trinajstić information content (AvgIpc) is 2.74. The summed E-state index contributed by atoms with van der Waals surface area (Å²) >= 11 is 0. The zero-order valence-electron chi connectivity index (χ0n) is 11.5. The summed E-state index contributed by atoms with van der Waals surface area (Å²) in [4.78, 5) is 4.59. The first-order chi connectivity index (χ1) is 9.58. The number of rotatable bonds is 2. The van der Waals surface area contributed by atoms with Crippen LogP contribution in [0.1, 0.15) is 18.3 Å². The van der Waals surface area contributed by atoms with Crippen molar-refractivity contribution in [1.82, 2.24) is 9.55 Å². The minimum atomic E-state index is -0.237. The van der Waals surface area contributed by atoms with Gasteiger partial charge in [-0.15, -0.1) is 0 Å². The fraction of sp³-hybridized carbons (Fsp3) is 0.188. The standard InChI is InChI=1S/C16H16FN3/c1-3-16-19-14-9-12(18)4-5-15(14)20(16)13-7-10(2)6-11(17)8-13/h4-9H,3,18H2,1-2H3. The molecule has 20 heavy (non-hydrogen) atoms. The molecule has 2 N–H and O–H groups in total. The molecular formula is C16H16FN3. The quantitative estimate of drug-likeness (QED) is 0.722. The van der Waals surface area contributed by atoms with E-state index in [4.69, 9.17) is 5.73 Å². The monoisotopic (exact) mass is 269 g/mol. The van der Waals surface area contributed by atoms with E-state index in [0.29, 0.717) is 5.69 Å². The Morgan fingerprint density at radius 3 is 2.70 bits per heavy atom. The molecule has 0 aliphatic rings. The molecule has 0 unspecified atom stereocenters. The maximum Gasteiger partial charge on any atom is 0.125 e. The van der Waals surface area contributed by atoms with Crippen LogP contribution in [0.4, 0.5) is 10.1 Å². The van der Waals surface area contributed by atoms with Crippen LogP contribution < -0.4 is 5.73 Å². The first-order valence-electron chi connectivity index (χ1n) is 6.63. The van der Waals surface area contributed by atoms with Crippen molar-refractivity contribution in [2.75, 3.05) is 5.73 Å². The van der Waals surface area contributed by atoms with Crippen LogP contribution in [0, 0.1) is 12.7 Å². The van der Waals surface area contributed by atoms with Gasteiger partial charge in [-0.3, -0.25) is 4.57 Å². The smallest absolute Gasteiger partial charge is 0.125 e. The van der Waals surface area contributed by atoms with Gasteiger partial charge in [-0.2, -0.15) is 0 Å². The van der Waals surface area contributed by atoms with Crippen molar-refractivity contribution in [3.8, 4) is 5.69 Å². The molecule has 3 rings (SSSR count). The Labute approximate surface area is 116 Å². The van der Waals surface area contributed by atoms with E-state index in [1.807, 2.05) is 42.7 Å². The van der Waals surface area contributed by atoms with Crippen molar-refractivity contribution < 1.29 is 4.39 Å². The van der Waals surface area contributed by atoms with Crippen LogP contribution >= 0.6 is 0 Å². The molecule has 0 radical (unpaired) electrons. The molecule has 0 fully saturated rings. The fourth-order valence-electron chi connectivity index (χ4n) is 2.52. The SMILES string of the molecule is CCc1nc2cc(N)ccc2n1-c1cc(C)cc(F)c1. The summed E-state index contributed by atoms with van der Waals surface area (Å²) in [5.74, 6) is 0.662. The van der Waals surface area contributed by atoms with E-state index in [1.165, 1.54) is 12.1 Å². The van der Waals surface area contributed by atoms with Crippen molar-refractivity contribution in [2.45, 2.75) is 20.3 Å². The van der Waals surface area contributed by atoms with E-state index >= 15 is 0 Å². The second-order valence-electron chi connectivity index (χ2n) is 4.95. The number of anilines is 1. The number of nitrogens with zero attached hydrogens (tertiary/aromatic N) is 2. The van der Waals surface area contributed by atoms with Crippen LogP contribution in [-0.4, -0.2) is 9.55 Å². The lowest BCUT2D eigenvalue weighted by Crippen LogP contribution is -2.01. The van der Waals surface area contributed by atoms with Gasteiger partial charge in [-0.05, 0) is 48.9 Å². The van der Waals surface area contributed by atoms with E-state index in [2.05, 4.69) is 4.98 Å². The third-order valence-corrected chi connectivity index (χ3v) is 3.35. The van der Waals surface area contributed by atoms with Crippen LogP contribution in [0.2, 0.25) is 0 Å². The van der Waals surface area contributed by atoms with Crippen LogP contribution in [0.5, 0.6) is 0 Å². The normalized spacial score (nSPS) is 11.2. The molecule has 3 aromatic rings. The highest BCUT2D eigenvalue weighted by molar-refractivity contribution is 5.81. The number of halogens is 1. The van der Waals surface area contributed by atoms with Gasteiger partial charge in [-0.1, -0.05) is 6.92 Å². The predicted molar refractivity (Wildman–Crippen MR) is 79.6 cm³/mol. The lowest BCUT2D eigenvalue weighted by atomic mass is 10.2. The van der Waals surface area contributed by atoms with Gasteiger partial charge in [0.15, 0.2) is 0 Å². The Morgan fingerprint density at radius 2 is 2.00 bits per heavy atom. The highest BCUT2D eigenvalue weighted by atomic mass is 19.1. The summed E-state index contributed by atoms with van der Waals surface area (Å²) in [6.07, 6.45) is 0.768.